The van der Waals surface area contributed by atoms with Crippen molar-refractivity contribution < 1.29 is 38.8 Å². The number of hydrogen-bond acceptors (Lipinski definition) is 5. The van der Waals surface area contributed by atoms with Gasteiger partial charge in [0.1, 0.15) is 22.6 Å². The van der Waals surface area contributed by atoms with Gasteiger partial charge in [0.05, 0.1) is 6.26 Å². The first-order chi connectivity index (χ1) is 25.9. The Morgan fingerprint density at radius 2 is 1.48 bits per heavy atom. The first kappa shape index (κ1) is 44.7. The van der Waals surface area contributed by atoms with E-state index in [0.717, 1.165) is 93.3 Å². The fourth-order valence-electron chi connectivity index (χ4n) is 7.25. The summed E-state index contributed by atoms with van der Waals surface area (Å²) in [5.74, 6) is 1.72. The molecule has 301 valence electrons. The number of ketones is 1. The zero-order chi connectivity index (χ0) is 40.5. The number of aromatic nitrogens is 1. The minimum Gasteiger partial charge on any atom is -0.512 e. The minimum atomic E-state index is -0.337. The molecule has 3 aromatic heterocycles. The third-order valence-corrected chi connectivity index (χ3v) is 12.2. The minimum absolute atomic E-state index is 0. The van der Waals surface area contributed by atoms with Crippen molar-refractivity contribution in [2.45, 2.75) is 128 Å². The Balaban J connectivity index is 0.000000330. The van der Waals surface area contributed by atoms with Gasteiger partial charge in [-0.05, 0) is 74.5 Å². The van der Waals surface area contributed by atoms with Crippen LogP contribution in [0, 0.1) is 36.7 Å². The number of rotatable bonds is 11. The Hall–Kier alpha value is -3.99. The number of hydrogen-bond donors (Lipinski definition) is 1. The molecule has 6 heteroatoms. The molecule has 0 atom stereocenters. The number of pyridine rings is 1. The van der Waals surface area contributed by atoms with Crippen molar-refractivity contribution in [1.82, 2.24) is 4.98 Å². The third-order valence-electron chi connectivity index (χ3n) is 12.2. The van der Waals surface area contributed by atoms with Crippen molar-refractivity contribution in [3.63, 3.8) is 0 Å². The number of nitrogens with zero attached hydrogens (tertiary/aromatic N) is 1. The SMILES string of the molecule is CCC(C)(CC)C(=O)/C=C(\O)C(C)(CC)CC.Cc1oc2c(-c3ccc(CC(C)C)c4occc34)cc(-c3[c-]c4ccccc4c(C(C)(C)C)c3)nc2c1C.[Ir]. The van der Waals surface area contributed by atoms with E-state index in [1.54, 1.807) is 6.26 Å². The van der Waals surface area contributed by atoms with Crippen molar-refractivity contribution >= 4 is 38.6 Å². The van der Waals surface area contributed by atoms with Crippen molar-refractivity contribution in [3.8, 4) is 22.4 Å². The molecule has 6 rings (SSSR count). The van der Waals surface area contributed by atoms with Crippen LogP contribution in [0.25, 0.3) is 55.2 Å². The van der Waals surface area contributed by atoms with Crippen molar-refractivity contribution in [1.29, 1.82) is 0 Å². The van der Waals surface area contributed by atoms with Crippen LogP contribution in [0.4, 0.5) is 0 Å². The number of aliphatic hydroxyl groups excluding tert-OH is 1. The van der Waals surface area contributed by atoms with Gasteiger partial charge >= 0.3 is 0 Å². The number of carbonyl (C=O) groups excluding carboxylic acids is 1. The molecule has 0 amide bonds. The van der Waals surface area contributed by atoms with Gasteiger partial charge in [0.25, 0.3) is 0 Å². The summed E-state index contributed by atoms with van der Waals surface area (Å²) in [7, 11) is 0. The molecular weight excluding hydrogens is 871 g/mol. The normalized spacial score (nSPS) is 12.6. The van der Waals surface area contributed by atoms with Gasteiger partial charge in [-0.3, -0.25) is 9.78 Å². The third kappa shape index (κ3) is 8.93. The first-order valence-electron chi connectivity index (χ1n) is 20.2. The largest absolute Gasteiger partial charge is 0.512 e. The van der Waals surface area contributed by atoms with Crippen LogP contribution in [-0.2, 0) is 36.7 Å². The fourth-order valence-corrected chi connectivity index (χ4v) is 7.25. The molecule has 0 fully saturated rings. The Morgan fingerprint density at radius 1 is 0.839 bits per heavy atom. The Morgan fingerprint density at radius 3 is 2.09 bits per heavy atom. The molecule has 0 bridgehead atoms. The number of furan rings is 2. The number of aliphatic hydroxyl groups is 1. The molecule has 6 aromatic rings. The van der Waals surface area contributed by atoms with Crippen LogP contribution in [0.5, 0.6) is 0 Å². The summed E-state index contributed by atoms with van der Waals surface area (Å²) in [6.07, 6.45) is 7.52. The van der Waals surface area contributed by atoms with Crippen LogP contribution < -0.4 is 0 Å². The quantitative estimate of drug-likeness (QED) is 0.0796. The molecule has 3 heterocycles. The van der Waals surface area contributed by atoms with Gasteiger partial charge in [0.15, 0.2) is 11.4 Å². The molecule has 0 saturated carbocycles. The summed E-state index contributed by atoms with van der Waals surface area (Å²) in [6.45, 7) is 27.4. The smallest absolute Gasteiger partial charge is 0.164 e. The Bertz CT molecular complexity index is 2340. The summed E-state index contributed by atoms with van der Waals surface area (Å²) < 4.78 is 12.4. The molecule has 0 saturated heterocycles. The Labute approximate surface area is 348 Å². The standard InChI is InChI=1S/C35H34NO2.C15H28O2.Ir/c1-20(2)16-24-12-13-27(28-14-15-37-33(24)28)29-19-31(36-32-21(3)22(4)38-34(29)32)25-17-23-10-8-9-11-26(23)30(18-25)35(5,6)7;1-7-14(5,8-2)12(16)11-13(17)15(6,9-3)10-4;/h8-15,18-20H,16H2,1-7H3;11,16H,7-10H2,1-6H3;/q-1;;/b;12-11-;. The number of fused-ring (bicyclic) bond motifs is 3. The average Bonchev–Trinajstić information content (AvgIpc) is 3.77. The van der Waals surface area contributed by atoms with E-state index in [-0.39, 0.29) is 47.9 Å². The van der Waals surface area contributed by atoms with Crippen molar-refractivity contribution in [2.75, 3.05) is 0 Å². The second-order valence-corrected chi connectivity index (χ2v) is 17.4. The maximum Gasteiger partial charge on any atom is 0.164 e. The van der Waals surface area contributed by atoms with Gasteiger partial charge in [-0.1, -0.05) is 124 Å². The molecule has 0 unspecified atom stereocenters. The van der Waals surface area contributed by atoms with Gasteiger partial charge in [0.2, 0.25) is 0 Å². The van der Waals surface area contributed by atoms with E-state index in [2.05, 4.69) is 102 Å². The molecule has 3 aromatic carbocycles. The van der Waals surface area contributed by atoms with Crippen molar-refractivity contribution in [2.24, 2.45) is 16.7 Å². The van der Waals surface area contributed by atoms with Crippen LogP contribution in [0.3, 0.4) is 0 Å². The molecular formula is C50H62IrNO4-. The van der Waals surface area contributed by atoms with Gasteiger partial charge in [0, 0.05) is 59.2 Å². The van der Waals surface area contributed by atoms with Crippen LogP contribution in [-0.4, -0.2) is 15.9 Å². The predicted octanol–water partition coefficient (Wildman–Crippen LogP) is 14.6. The predicted molar refractivity (Wildman–Crippen MR) is 231 cm³/mol. The van der Waals surface area contributed by atoms with Crippen molar-refractivity contribution in [3.05, 3.63) is 101 Å². The molecule has 0 aliphatic heterocycles. The molecule has 1 N–H and O–H groups in total. The van der Waals surface area contributed by atoms with Crippen LogP contribution >= 0.6 is 0 Å². The monoisotopic (exact) mass is 933 g/mol. The van der Waals surface area contributed by atoms with Crippen LogP contribution in [0.1, 0.15) is 124 Å². The molecule has 1 radical (unpaired) electrons. The maximum absolute atomic E-state index is 12.2. The maximum atomic E-state index is 12.2. The zero-order valence-electron chi connectivity index (χ0n) is 35.9. The van der Waals surface area contributed by atoms with E-state index in [9.17, 15) is 9.90 Å². The Kier molecular flexibility index (Phi) is 14.1. The number of carbonyl (C=O) groups is 1. The van der Waals surface area contributed by atoms with Gasteiger partial charge in [-0.15, -0.1) is 29.1 Å². The van der Waals surface area contributed by atoms with Crippen LogP contribution in [0.2, 0.25) is 0 Å². The summed E-state index contributed by atoms with van der Waals surface area (Å²) in [4.78, 5) is 17.3. The van der Waals surface area contributed by atoms with E-state index < -0.39 is 0 Å². The molecule has 0 aliphatic carbocycles. The topological polar surface area (TPSA) is 76.5 Å². The van der Waals surface area contributed by atoms with E-state index in [1.165, 1.54) is 22.6 Å². The summed E-state index contributed by atoms with van der Waals surface area (Å²) in [6, 6.07) is 23.1. The summed E-state index contributed by atoms with van der Waals surface area (Å²) in [5.41, 5.74) is 9.67. The van der Waals surface area contributed by atoms with E-state index >= 15 is 0 Å². The number of benzene rings is 3. The van der Waals surface area contributed by atoms with E-state index in [1.807, 2.05) is 48.5 Å². The second-order valence-electron chi connectivity index (χ2n) is 17.4. The van der Waals surface area contributed by atoms with Gasteiger partial charge in [-0.25, -0.2) is 0 Å². The van der Waals surface area contributed by atoms with Gasteiger partial charge in [-0.2, -0.15) is 0 Å². The number of allylic oxidation sites excluding steroid dienone is 2. The molecule has 0 aliphatic rings. The molecule has 0 spiro atoms. The number of aryl methyl sites for hydroxylation is 2. The second kappa shape index (κ2) is 17.7. The fraction of sp³-hybridized carbons (Fsp3) is 0.440. The summed E-state index contributed by atoms with van der Waals surface area (Å²) >= 11 is 0. The first-order valence-corrected chi connectivity index (χ1v) is 20.2. The zero-order valence-corrected chi connectivity index (χ0v) is 38.3. The average molecular weight is 933 g/mol. The van der Waals surface area contributed by atoms with E-state index in [0.29, 0.717) is 5.92 Å². The van der Waals surface area contributed by atoms with Gasteiger partial charge < -0.3 is 13.9 Å². The molecule has 5 nitrogen and oxygen atoms in total. The summed E-state index contributed by atoms with van der Waals surface area (Å²) in [5, 5.41) is 13.6. The molecule has 56 heavy (non-hydrogen) atoms. The van der Waals surface area contributed by atoms with E-state index in [4.69, 9.17) is 13.8 Å². The van der Waals surface area contributed by atoms with Crippen LogP contribution in [0.15, 0.2) is 81.5 Å².